The molecule has 0 aliphatic carbocycles. The number of hydrazone groups is 1. The van der Waals surface area contributed by atoms with E-state index in [0.29, 0.717) is 40.2 Å². The monoisotopic (exact) mass is 421 g/mol. The third-order valence-electron chi connectivity index (χ3n) is 5.02. The predicted octanol–water partition coefficient (Wildman–Crippen LogP) is 1.79. The molecule has 3 aromatic rings. The maximum Gasteiger partial charge on any atom is 0.267 e. The van der Waals surface area contributed by atoms with Gasteiger partial charge in [-0.25, -0.2) is 25.3 Å². The Bertz CT molecular complexity index is 1170. The molecule has 1 aromatic heterocycles. The average Bonchev–Trinajstić information content (AvgIpc) is 3.23. The summed E-state index contributed by atoms with van der Waals surface area (Å²) in [4.78, 5) is 27.4. The summed E-state index contributed by atoms with van der Waals surface area (Å²) >= 11 is 0. The lowest BCUT2D eigenvalue weighted by atomic mass is 10.1. The quantitative estimate of drug-likeness (QED) is 0.183. The molecule has 0 saturated carbocycles. The minimum absolute atomic E-state index is 0.0267. The molecule has 0 spiro atoms. The normalized spacial score (nSPS) is 13.6. The second-order valence-electron chi connectivity index (χ2n) is 6.89. The number of amidine groups is 1. The van der Waals surface area contributed by atoms with Crippen LogP contribution in [-0.4, -0.2) is 27.4 Å². The number of carbonyl (C=O) groups is 2. The Balaban J connectivity index is 1.91. The fourth-order valence-corrected chi connectivity index (χ4v) is 3.67. The van der Waals surface area contributed by atoms with E-state index in [1.165, 1.54) is 16.8 Å². The number of hydrazine groups is 1. The van der Waals surface area contributed by atoms with E-state index in [-0.39, 0.29) is 18.2 Å². The fraction of sp³-hybridized carbons (Fsp3) is 0.143. The van der Waals surface area contributed by atoms with Gasteiger partial charge in [0, 0.05) is 11.1 Å². The molecule has 2 aromatic carbocycles. The molecule has 9 nitrogen and oxygen atoms in total. The minimum Gasteiger partial charge on any atom is -0.384 e. The Labute approximate surface area is 177 Å². The van der Waals surface area contributed by atoms with Crippen molar-refractivity contribution in [1.82, 2.24) is 15.3 Å². The lowest BCUT2D eigenvalue weighted by Crippen LogP contribution is -2.34. The second-order valence-corrected chi connectivity index (χ2v) is 6.89. The number of hydrogen-bond acceptors (Lipinski definition) is 6. The largest absolute Gasteiger partial charge is 0.384 e. The molecule has 1 aliphatic rings. The third kappa shape index (κ3) is 3.42. The number of benzene rings is 2. The van der Waals surface area contributed by atoms with Gasteiger partial charge in [-0.3, -0.25) is 9.59 Å². The number of nitrogens with zero attached hydrogens (tertiary/aromatic N) is 4. The number of amides is 2. The molecule has 0 bridgehead atoms. The molecule has 0 radical (unpaired) electrons. The van der Waals surface area contributed by atoms with Crippen molar-refractivity contribution in [3.05, 3.63) is 71.0 Å². The lowest BCUT2D eigenvalue weighted by molar-refractivity contribution is 0.0923. The summed E-state index contributed by atoms with van der Waals surface area (Å²) in [5, 5.41) is 8.34. The summed E-state index contributed by atoms with van der Waals surface area (Å²) in [6.07, 6.45) is 0.460. The van der Waals surface area contributed by atoms with Crippen LogP contribution in [0.2, 0.25) is 0 Å². The second kappa shape index (κ2) is 8.00. The van der Waals surface area contributed by atoms with Gasteiger partial charge in [-0.05, 0) is 42.8 Å². The van der Waals surface area contributed by atoms with E-state index < -0.39 is 11.8 Å². The van der Waals surface area contributed by atoms with E-state index in [0.717, 1.165) is 4.90 Å². The van der Waals surface area contributed by atoms with Gasteiger partial charge in [0.2, 0.25) is 0 Å². The zero-order valence-corrected chi connectivity index (χ0v) is 16.7. The van der Waals surface area contributed by atoms with Gasteiger partial charge in [0.05, 0.1) is 16.8 Å². The van der Waals surface area contributed by atoms with Crippen molar-refractivity contribution in [1.29, 1.82) is 0 Å². The molecule has 31 heavy (non-hydrogen) atoms. The van der Waals surface area contributed by atoms with E-state index in [9.17, 15) is 14.0 Å². The SMILES string of the molecule is CCc1c(-c2ccc(F)cc2)nn(C/C(N)=N/NN)c1N1C(=O)c2ccccc2C1=O. The Kier molecular flexibility index (Phi) is 5.22. The van der Waals surface area contributed by atoms with Crippen LogP contribution in [-0.2, 0) is 13.0 Å². The van der Waals surface area contributed by atoms with Gasteiger partial charge in [0.15, 0.2) is 0 Å². The summed E-state index contributed by atoms with van der Waals surface area (Å²) in [5.74, 6) is 4.32. The Hall–Kier alpha value is -4.05. The van der Waals surface area contributed by atoms with Crippen molar-refractivity contribution in [2.75, 3.05) is 4.90 Å². The van der Waals surface area contributed by atoms with Gasteiger partial charge in [-0.2, -0.15) is 10.2 Å². The number of fused-ring (bicyclic) bond motifs is 1. The van der Waals surface area contributed by atoms with E-state index in [4.69, 9.17) is 11.6 Å². The van der Waals surface area contributed by atoms with Crippen molar-refractivity contribution >= 4 is 23.5 Å². The number of nitrogens with one attached hydrogen (secondary N) is 1. The standard InChI is InChI=1S/C21H20FN7O2/c1-2-14-18(12-7-9-13(22)10-8-12)26-28(11-17(23)25-27-24)19(14)29-20(30)15-5-3-4-6-16(15)21(29)31/h3-10,27H,2,11,24H2,1H3,(H2,23,25). The van der Waals surface area contributed by atoms with Crippen LogP contribution in [0.3, 0.4) is 0 Å². The molecule has 10 heteroatoms. The van der Waals surface area contributed by atoms with Gasteiger partial charge in [-0.15, -0.1) is 0 Å². The van der Waals surface area contributed by atoms with E-state index in [2.05, 4.69) is 15.7 Å². The zero-order valence-electron chi connectivity index (χ0n) is 16.7. The molecule has 2 heterocycles. The van der Waals surface area contributed by atoms with Gasteiger partial charge >= 0.3 is 0 Å². The predicted molar refractivity (Wildman–Crippen MR) is 114 cm³/mol. The lowest BCUT2D eigenvalue weighted by Gasteiger charge is -2.17. The van der Waals surface area contributed by atoms with E-state index in [1.54, 1.807) is 36.4 Å². The summed E-state index contributed by atoms with van der Waals surface area (Å²) < 4.78 is 14.9. The highest BCUT2D eigenvalue weighted by molar-refractivity contribution is 6.34. The van der Waals surface area contributed by atoms with E-state index in [1.807, 2.05) is 6.92 Å². The van der Waals surface area contributed by atoms with Crippen LogP contribution in [0.4, 0.5) is 10.2 Å². The molecular weight excluding hydrogens is 401 g/mol. The highest BCUT2D eigenvalue weighted by atomic mass is 19.1. The minimum atomic E-state index is -0.449. The molecule has 5 N–H and O–H groups in total. The smallest absolute Gasteiger partial charge is 0.267 e. The first kappa shape index (κ1) is 20.2. The molecular formula is C21H20FN7O2. The van der Waals surface area contributed by atoms with Crippen LogP contribution in [0.1, 0.15) is 33.2 Å². The van der Waals surface area contributed by atoms with Crippen LogP contribution >= 0.6 is 0 Å². The van der Waals surface area contributed by atoms with Crippen LogP contribution in [0, 0.1) is 5.82 Å². The van der Waals surface area contributed by atoms with E-state index >= 15 is 0 Å². The van der Waals surface area contributed by atoms with Crippen LogP contribution < -0.4 is 22.0 Å². The molecule has 0 atom stereocenters. The molecule has 158 valence electrons. The highest BCUT2D eigenvalue weighted by Gasteiger charge is 2.40. The maximum atomic E-state index is 13.5. The van der Waals surface area contributed by atoms with Crippen molar-refractivity contribution in [2.24, 2.45) is 16.7 Å². The first-order valence-corrected chi connectivity index (χ1v) is 9.57. The summed E-state index contributed by atoms with van der Waals surface area (Å²) in [6, 6.07) is 12.4. The number of rotatable bonds is 6. The topological polar surface area (TPSA) is 132 Å². The molecule has 0 unspecified atom stereocenters. The van der Waals surface area contributed by atoms with Crippen molar-refractivity contribution in [3.63, 3.8) is 0 Å². The number of halogens is 1. The number of anilines is 1. The number of nitrogens with two attached hydrogens (primary N) is 2. The highest BCUT2D eigenvalue weighted by Crippen LogP contribution is 2.36. The first-order valence-electron chi connectivity index (χ1n) is 9.57. The number of hydrogen-bond donors (Lipinski definition) is 3. The summed E-state index contributed by atoms with van der Waals surface area (Å²) in [6.45, 7) is 1.86. The van der Waals surface area contributed by atoms with Crippen LogP contribution in [0.5, 0.6) is 0 Å². The molecule has 0 saturated heterocycles. The molecule has 2 amide bonds. The molecule has 1 aliphatic heterocycles. The first-order chi connectivity index (χ1) is 15.0. The van der Waals surface area contributed by atoms with Gasteiger partial charge in [0.1, 0.15) is 24.0 Å². The molecule has 4 rings (SSSR count). The van der Waals surface area contributed by atoms with Crippen molar-refractivity contribution in [2.45, 2.75) is 19.9 Å². The fourth-order valence-electron chi connectivity index (χ4n) is 3.67. The summed E-state index contributed by atoms with van der Waals surface area (Å²) in [7, 11) is 0. The van der Waals surface area contributed by atoms with Crippen LogP contribution in [0.25, 0.3) is 11.3 Å². The Morgan fingerprint density at radius 2 is 1.71 bits per heavy atom. The van der Waals surface area contributed by atoms with Crippen molar-refractivity contribution in [3.8, 4) is 11.3 Å². The molecule has 0 fully saturated rings. The number of imide groups is 1. The Morgan fingerprint density at radius 3 is 2.26 bits per heavy atom. The average molecular weight is 421 g/mol. The summed E-state index contributed by atoms with van der Waals surface area (Å²) in [5.41, 5.74) is 10.5. The van der Waals surface area contributed by atoms with Gasteiger partial charge in [-0.1, -0.05) is 19.1 Å². The zero-order chi connectivity index (χ0) is 22.1. The third-order valence-corrected chi connectivity index (χ3v) is 5.02. The maximum absolute atomic E-state index is 13.5. The van der Waals surface area contributed by atoms with Gasteiger partial charge < -0.3 is 5.73 Å². The number of aromatic nitrogens is 2. The van der Waals surface area contributed by atoms with Gasteiger partial charge in [0.25, 0.3) is 11.8 Å². The Morgan fingerprint density at radius 1 is 1.10 bits per heavy atom. The van der Waals surface area contributed by atoms with Crippen molar-refractivity contribution < 1.29 is 14.0 Å². The van der Waals surface area contributed by atoms with Crippen LogP contribution in [0.15, 0.2) is 53.6 Å². The number of carbonyl (C=O) groups excluding carboxylic acids is 2.